The monoisotopic (exact) mass is 273 g/mol. The predicted octanol–water partition coefficient (Wildman–Crippen LogP) is 1.47. The van der Waals surface area contributed by atoms with Crippen LogP contribution >= 0.6 is 0 Å². The lowest BCUT2D eigenvalue weighted by atomic mass is 10.1. The molecular formula is C15H19N3O2. The number of H-pyrrole nitrogens is 1. The molecule has 5 nitrogen and oxygen atoms in total. The Kier molecular flexibility index (Phi) is 4.53. The Labute approximate surface area is 117 Å². The maximum absolute atomic E-state index is 11.5. The smallest absolute Gasteiger partial charge is 0.251 e. The molecule has 0 saturated heterocycles. The number of ether oxygens (including phenoxy) is 1. The van der Waals surface area contributed by atoms with Crippen molar-refractivity contribution in [2.75, 3.05) is 6.54 Å². The number of nitrogens with zero attached hydrogens (tertiary/aromatic N) is 1. The van der Waals surface area contributed by atoms with Crippen LogP contribution in [0.1, 0.15) is 22.6 Å². The second kappa shape index (κ2) is 6.34. The predicted molar refractivity (Wildman–Crippen MR) is 77.9 cm³/mol. The van der Waals surface area contributed by atoms with Gasteiger partial charge in [0.2, 0.25) is 0 Å². The lowest BCUT2D eigenvalue weighted by Gasteiger charge is -2.11. The van der Waals surface area contributed by atoms with E-state index in [-0.39, 0.29) is 12.2 Å². The third-order valence-corrected chi connectivity index (χ3v) is 3.01. The van der Waals surface area contributed by atoms with Gasteiger partial charge in [-0.1, -0.05) is 18.2 Å². The summed E-state index contributed by atoms with van der Waals surface area (Å²) in [4.78, 5) is 18.6. The maximum Gasteiger partial charge on any atom is 0.251 e. The Morgan fingerprint density at radius 1 is 1.30 bits per heavy atom. The molecule has 5 heteroatoms. The number of aryl methyl sites for hydroxylation is 2. The minimum Gasteiger partial charge on any atom is -0.485 e. The fourth-order valence-electron chi connectivity index (χ4n) is 2.07. The van der Waals surface area contributed by atoms with E-state index in [2.05, 4.69) is 9.97 Å². The van der Waals surface area contributed by atoms with Gasteiger partial charge < -0.3 is 15.5 Å². The summed E-state index contributed by atoms with van der Waals surface area (Å²) in [5.74, 6) is 1.35. The van der Waals surface area contributed by atoms with E-state index in [1.54, 1.807) is 0 Å². The molecular weight excluding hydrogens is 254 g/mol. The molecule has 0 aliphatic heterocycles. The third-order valence-electron chi connectivity index (χ3n) is 3.01. The van der Waals surface area contributed by atoms with E-state index in [0.29, 0.717) is 24.5 Å². The minimum atomic E-state index is -0.177. The quantitative estimate of drug-likeness (QED) is 0.864. The van der Waals surface area contributed by atoms with Gasteiger partial charge in [-0.2, -0.15) is 0 Å². The first-order chi connectivity index (χ1) is 9.60. The molecule has 0 saturated carbocycles. The summed E-state index contributed by atoms with van der Waals surface area (Å²) in [6, 6.07) is 7.43. The van der Waals surface area contributed by atoms with E-state index in [9.17, 15) is 4.79 Å². The second-order valence-electron chi connectivity index (χ2n) is 4.73. The Hall–Kier alpha value is -2.14. The zero-order valence-electron chi connectivity index (χ0n) is 11.8. The van der Waals surface area contributed by atoms with Gasteiger partial charge in [-0.15, -0.1) is 0 Å². The minimum absolute atomic E-state index is 0.177. The van der Waals surface area contributed by atoms with Gasteiger partial charge in [-0.3, -0.25) is 4.79 Å². The molecule has 0 unspecified atom stereocenters. The Bertz CT molecular complexity index is 630. The molecule has 1 aromatic heterocycles. The summed E-state index contributed by atoms with van der Waals surface area (Å²) < 4.78 is 5.78. The fraction of sp³-hybridized carbons (Fsp3) is 0.333. The van der Waals surface area contributed by atoms with Crippen molar-refractivity contribution >= 4 is 0 Å². The summed E-state index contributed by atoms with van der Waals surface area (Å²) in [6.07, 6.45) is 0.584. The van der Waals surface area contributed by atoms with Gasteiger partial charge in [0, 0.05) is 18.2 Å². The fourth-order valence-corrected chi connectivity index (χ4v) is 2.07. The number of aromatic nitrogens is 2. The number of benzene rings is 1. The molecule has 0 aliphatic rings. The average molecular weight is 273 g/mol. The molecule has 3 N–H and O–H groups in total. The molecule has 0 bridgehead atoms. The van der Waals surface area contributed by atoms with Crippen LogP contribution in [0.5, 0.6) is 5.75 Å². The highest BCUT2D eigenvalue weighted by Gasteiger charge is 2.06. The number of hydrogen-bond acceptors (Lipinski definition) is 4. The van der Waals surface area contributed by atoms with Crippen molar-refractivity contribution in [3.63, 3.8) is 0 Å². The Morgan fingerprint density at radius 3 is 2.65 bits per heavy atom. The lowest BCUT2D eigenvalue weighted by Crippen LogP contribution is -2.16. The van der Waals surface area contributed by atoms with Crippen LogP contribution in [0.2, 0.25) is 0 Å². The highest BCUT2D eigenvalue weighted by molar-refractivity contribution is 5.39. The normalized spacial score (nSPS) is 10.6. The van der Waals surface area contributed by atoms with Crippen LogP contribution in [0.25, 0.3) is 0 Å². The van der Waals surface area contributed by atoms with Crippen LogP contribution in [-0.4, -0.2) is 16.5 Å². The molecule has 106 valence electrons. The molecule has 20 heavy (non-hydrogen) atoms. The number of hydrogen-bond donors (Lipinski definition) is 2. The van der Waals surface area contributed by atoms with Crippen molar-refractivity contribution in [1.29, 1.82) is 0 Å². The van der Waals surface area contributed by atoms with Crippen LogP contribution in [-0.2, 0) is 13.0 Å². The van der Waals surface area contributed by atoms with Crippen LogP contribution in [0.4, 0.5) is 0 Å². The molecule has 0 spiro atoms. The molecule has 0 amide bonds. The van der Waals surface area contributed by atoms with Crippen LogP contribution in [0, 0.1) is 13.8 Å². The number of nitrogens with two attached hydrogens (primary N) is 1. The van der Waals surface area contributed by atoms with Gasteiger partial charge in [0.05, 0.1) is 0 Å². The summed E-state index contributed by atoms with van der Waals surface area (Å²) in [5.41, 5.74) is 8.12. The first-order valence-electron chi connectivity index (χ1n) is 6.58. The number of para-hydroxylation sites is 1. The van der Waals surface area contributed by atoms with Gasteiger partial charge in [0.15, 0.2) is 0 Å². The van der Waals surface area contributed by atoms with Gasteiger partial charge in [0.25, 0.3) is 5.56 Å². The van der Waals surface area contributed by atoms with E-state index in [4.69, 9.17) is 10.5 Å². The molecule has 0 fully saturated rings. The topological polar surface area (TPSA) is 81.0 Å². The van der Waals surface area contributed by atoms with Crippen molar-refractivity contribution < 1.29 is 4.74 Å². The van der Waals surface area contributed by atoms with Crippen LogP contribution in [0.15, 0.2) is 29.1 Å². The number of nitrogens with one attached hydrogen (secondary N) is 1. The van der Waals surface area contributed by atoms with Gasteiger partial charge in [-0.05, 0) is 31.5 Å². The summed E-state index contributed by atoms with van der Waals surface area (Å²) in [5, 5.41) is 0. The van der Waals surface area contributed by atoms with Gasteiger partial charge in [-0.25, -0.2) is 4.98 Å². The summed E-state index contributed by atoms with van der Waals surface area (Å²) in [6.45, 7) is 4.68. The zero-order valence-corrected chi connectivity index (χ0v) is 11.8. The Morgan fingerprint density at radius 2 is 2.00 bits per heavy atom. The van der Waals surface area contributed by atoms with Crippen molar-refractivity contribution in [2.45, 2.75) is 26.9 Å². The molecule has 1 aromatic carbocycles. The molecule has 2 rings (SSSR count). The molecule has 2 aromatic rings. The standard InChI is InChI=1S/C15H19N3O2/c1-10-4-3-5-11(2)15(10)20-9-13-17-12(6-7-16)8-14(19)18-13/h3-5,8H,6-7,9,16H2,1-2H3,(H,17,18,19). The van der Waals surface area contributed by atoms with E-state index >= 15 is 0 Å². The van der Waals surface area contributed by atoms with Crippen molar-refractivity contribution in [2.24, 2.45) is 5.73 Å². The molecule has 1 heterocycles. The van der Waals surface area contributed by atoms with E-state index in [1.807, 2.05) is 32.0 Å². The molecule has 0 aliphatic carbocycles. The van der Waals surface area contributed by atoms with E-state index in [0.717, 1.165) is 16.9 Å². The first kappa shape index (κ1) is 14.3. The van der Waals surface area contributed by atoms with E-state index in [1.165, 1.54) is 6.07 Å². The van der Waals surface area contributed by atoms with Crippen molar-refractivity contribution in [3.8, 4) is 5.75 Å². The highest BCUT2D eigenvalue weighted by Crippen LogP contribution is 2.22. The third kappa shape index (κ3) is 3.45. The van der Waals surface area contributed by atoms with Crippen molar-refractivity contribution in [1.82, 2.24) is 9.97 Å². The highest BCUT2D eigenvalue weighted by atomic mass is 16.5. The lowest BCUT2D eigenvalue weighted by molar-refractivity contribution is 0.291. The van der Waals surface area contributed by atoms with Crippen molar-refractivity contribution in [3.05, 3.63) is 57.3 Å². The summed E-state index contributed by atoms with van der Waals surface area (Å²) >= 11 is 0. The number of aromatic amines is 1. The largest absolute Gasteiger partial charge is 0.485 e. The maximum atomic E-state index is 11.5. The average Bonchev–Trinajstić information content (AvgIpc) is 2.38. The van der Waals surface area contributed by atoms with E-state index < -0.39 is 0 Å². The van der Waals surface area contributed by atoms with Gasteiger partial charge >= 0.3 is 0 Å². The van der Waals surface area contributed by atoms with Gasteiger partial charge in [0.1, 0.15) is 18.2 Å². The number of rotatable bonds is 5. The Balaban J connectivity index is 2.16. The second-order valence-corrected chi connectivity index (χ2v) is 4.73. The zero-order chi connectivity index (χ0) is 14.5. The van der Waals surface area contributed by atoms with Crippen LogP contribution in [0.3, 0.4) is 0 Å². The summed E-state index contributed by atoms with van der Waals surface area (Å²) in [7, 11) is 0. The molecule has 0 radical (unpaired) electrons. The van der Waals surface area contributed by atoms with Crippen LogP contribution < -0.4 is 16.0 Å². The molecule has 0 atom stereocenters. The first-order valence-corrected chi connectivity index (χ1v) is 6.58. The SMILES string of the molecule is Cc1cccc(C)c1OCc1nc(CCN)cc(=O)[nH]1.